The van der Waals surface area contributed by atoms with Gasteiger partial charge >= 0.3 is 35.9 Å². The molecule has 0 bridgehead atoms. The minimum Gasteiger partial charge on any atom is -0.459 e. The fraction of sp³-hybridized carbons (Fsp3) is 0.769. The van der Waals surface area contributed by atoms with E-state index in [4.69, 9.17) is 18.9 Å². The lowest BCUT2D eigenvalue weighted by Crippen LogP contribution is -2.45. The van der Waals surface area contributed by atoms with Gasteiger partial charge in [0.15, 0.2) is 0 Å². The van der Waals surface area contributed by atoms with Crippen LogP contribution in [-0.2, 0) is 38.1 Å². The number of esters is 2. The van der Waals surface area contributed by atoms with Gasteiger partial charge in [0.2, 0.25) is 0 Å². The summed E-state index contributed by atoms with van der Waals surface area (Å²) in [5.74, 6) is -4.39. The molecule has 0 aliphatic carbocycles. The molecule has 0 unspecified atom stereocenters. The number of amides is 4. The SMILES string of the molecule is CCOC(=O)C(=O)N(CCCCCCCCN(C(=O)OC(C)(C)C)C(=O)C(=O)OCC)C(=O)OC(C)(C)C. The Morgan fingerprint density at radius 2 is 0.816 bits per heavy atom. The van der Waals surface area contributed by atoms with E-state index in [1.54, 1.807) is 55.4 Å². The maximum Gasteiger partial charge on any atom is 0.417 e. The van der Waals surface area contributed by atoms with Crippen molar-refractivity contribution in [2.45, 2.75) is 105 Å². The maximum absolute atomic E-state index is 12.4. The second-order valence-electron chi connectivity index (χ2n) is 10.4. The van der Waals surface area contributed by atoms with E-state index in [9.17, 15) is 28.8 Å². The van der Waals surface area contributed by atoms with Crippen molar-refractivity contribution in [3.8, 4) is 0 Å². The molecule has 0 aromatic heterocycles. The van der Waals surface area contributed by atoms with Crippen molar-refractivity contribution in [3.05, 3.63) is 0 Å². The lowest BCUT2D eigenvalue weighted by molar-refractivity contribution is -0.159. The van der Waals surface area contributed by atoms with Gasteiger partial charge in [-0.2, -0.15) is 0 Å². The fourth-order valence-corrected chi connectivity index (χ4v) is 3.04. The number of hydrogen-bond acceptors (Lipinski definition) is 10. The maximum atomic E-state index is 12.4. The summed E-state index contributed by atoms with van der Waals surface area (Å²) in [5.41, 5.74) is -1.68. The van der Waals surface area contributed by atoms with Gasteiger partial charge in [0, 0.05) is 13.1 Å². The van der Waals surface area contributed by atoms with Crippen LogP contribution in [0.4, 0.5) is 9.59 Å². The summed E-state index contributed by atoms with van der Waals surface area (Å²) in [6.07, 6.45) is 1.81. The van der Waals surface area contributed by atoms with Crippen LogP contribution in [0.2, 0.25) is 0 Å². The van der Waals surface area contributed by atoms with Gasteiger partial charge in [0.1, 0.15) is 11.2 Å². The Hall–Kier alpha value is -3.18. The van der Waals surface area contributed by atoms with Crippen molar-refractivity contribution >= 4 is 35.9 Å². The summed E-state index contributed by atoms with van der Waals surface area (Å²) in [4.78, 5) is 74.8. The van der Waals surface area contributed by atoms with Gasteiger partial charge in [0.25, 0.3) is 0 Å². The molecular weight excluding hydrogens is 500 g/mol. The Morgan fingerprint density at radius 1 is 0.526 bits per heavy atom. The molecule has 0 aromatic carbocycles. The smallest absolute Gasteiger partial charge is 0.417 e. The van der Waals surface area contributed by atoms with Gasteiger partial charge in [-0.05, 0) is 68.2 Å². The molecule has 218 valence electrons. The van der Waals surface area contributed by atoms with Crippen molar-refractivity contribution in [2.24, 2.45) is 0 Å². The molecule has 0 aliphatic rings. The van der Waals surface area contributed by atoms with Crippen LogP contribution in [0.3, 0.4) is 0 Å². The van der Waals surface area contributed by atoms with Crippen LogP contribution in [0.25, 0.3) is 0 Å². The summed E-state index contributed by atoms with van der Waals surface area (Å²) in [6, 6.07) is 0. The number of imide groups is 2. The van der Waals surface area contributed by atoms with Crippen LogP contribution in [0.1, 0.15) is 93.9 Å². The van der Waals surface area contributed by atoms with E-state index in [1.165, 1.54) is 0 Å². The average Bonchev–Trinajstić information content (AvgIpc) is 2.77. The Balaban J connectivity index is 4.79. The molecule has 38 heavy (non-hydrogen) atoms. The molecule has 12 heteroatoms. The van der Waals surface area contributed by atoms with E-state index >= 15 is 0 Å². The Bertz CT molecular complexity index is 759. The van der Waals surface area contributed by atoms with Crippen LogP contribution in [0.15, 0.2) is 0 Å². The highest BCUT2D eigenvalue weighted by Crippen LogP contribution is 2.14. The standard InChI is InChI=1S/C26H44N2O10/c1-9-35-21(31)19(29)27(23(33)37-25(3,4)5)17-15-13-11-12-14-16-18-28(20(30)22(32)36-10-2)24(34)38-26(6,7)8/h9-18H2,1-8H3. The summed E-state index contributed by atoms with van der Waals surface area (Å²) >= 11 is 0. The molecule has 0 saturated carbocycles. The number of carbonyl (C=O) groups excluding carboxylic acids is 6. The third-order valence-electron chi connectivity index (χ3n) is 4.63. The molecule has 0 fully saturated rings. The zero-order valence-electron chi connectivity index (χ0n) is 24.0. The van der Waals surface area contributed by atoms with E-state index in [0.29, 0.717) is 25.7 Å². The Morgan fingerprint density at radius 3 is 1.08 bits per heavy atom. The quantitative estimate of drug-likeness (QED) is 0.162. The van der Waals surface area contributed by atoms with E-state index in [1.807, 2.05) is 0 Å². The Kier molecular flexibility index (Phi) is 15.2. The summed E-state index contributed by atoms with van der Waals surface area (Å²) in [6.45, 7) is 13.0. The average molecular weight is 545 g/mol. The number of nitrogens with zero attached hydrogens (tertiary/aromatic N) is 2. The lowest BCUT2D eigenvalue weighted by Gasteiger charge is -2.25. The van der Waals surface area contributed by atoms with Gasteiger partial charge in [-0.3, -0.25) is 9.59 Å². The van der Waals surface area contributed by atoms with Gasteiger partial charge in [-0.1, -0.05) is 25.7 Å². The zero-order valence-corrected chi connectivity index (χ0v) is 24.0. The number of ether oxygens (including phenoxy) is 4. The molecule has 0 saturated heterocycles. The summed E-state index contributed by atoms with van der Waals surface area (Å²) in [7, 11) is 0. The number of rotatable bonds is 11. The summed E-state index contributed by atoms with van der Waals surface area (Å²) in [5, 5.41) is 0. The first-order chi connectivity index (χ1) is 17.5. The van der Waals surface area contributed by atoms with E-state index in [0.717, 1.165) is 22.6 Å². The van der Waals surface area contributed by atoms with Gasteiger partial charge in [-0.25, -0.2) is 29.0 Å². The molecule has 0 atom stereocenters. The fourth-order valence-electron chi connectivity index (χ4n) is 3.04. The second kappa shape index (κ2) is 16.6. The first-order valence-electron chi connectivity index (χ1n) is 13.0. The largest absolute Gasteiger partial charge is 0.459 e. The highest BCUT2D eigenvalue weighted by atomic mass is 16.6. The first-order valence-corrected chi connectivity index (χ1v) is 13.0. The molecule has 0 N–H and O–H groups in total. The zero-order chi connectivity index (χ0) is 29.5. The van der Waals surface area contributed by atoms with E-state index in [-0.39, 0.29) is 26.3 Å². The molecule has 0 aliphatic heterocycles. The normalized spacial score (nSPS) is 11.3. The molecule has 4 amide bonds. The van der Waals surface area contributed by atoms with Crippen molar-refractivity contribution in [1.82, 2.24) is 9.80 Å². The minimum atomic E-state index is -1.12. The van der Waals surface area contributed by atoms with Crippen molar-refractivity contribution in [3.63, 3.8) is 0 Å². The Labute approximate surface area is 225 Å². The highest BCUT2D eigenvalue weighted by molar-refractivity contribution is 6.35. The van der Waals surface area contributed by atoms with Crippen LogP contribution in [-0.4, -0.2) is 83.2 Å². The van der Waals surface area contributed by atoms with Crippen molar-refractivity contribution < 1.29 is 47.7 Å². The molecular formula is C26H44N2O10. The first kappa shape index (κ1) is 34.8. The topological polar surface area (TPSA) is 146 Å². The third kappa shape index (κ3) is 14.5. The van der Waals surface area contributed by atoms with Gasteiger partial charge in [0.05, 0.1) is 13.2 Å². The molecule has 0 spiro atoms. The number of hydrogen-bond donors (Lipinski definition) is 0. The molecule has 0 radical (unpaired) electrons. The molecule has 0 aromatic rings. The van der Waals surface area contributed by atoms with Crippen LogP contribution < -0.4 is 0 Å². The van der Waals surface area contributed by atoms with Crippen LogP contribution in [0.5, 0.6) is 0 Å². The van der Waals surface area contributed by atoms with Crippen LogP contribution in [0, 0.1) is 0 Å². The molecule has 12 nitrogen and oxygen atoms in total. The molecule has 0 rings (SSSR count). The molecule has 0 heterocycles. The van der Waals surface area contributed by atoms with Gasteiger partial charge < -0.3 is 18.9 Å². The van der Waals surface area contributed by atoms with Crippen LogP contribution >= 0.6 is 0 Å². The number of carbonyl (C=O) groups is 6. The monoisotopic (exact) mass is 544 g/mol. The predicted octanol–water partition coefficient (Wildman–Crippen LogP) is 3.98. The predicted molar refractivity (Wildman–Crippen MR) is 137 cm³/mol. The number of unbranched alkanes of at least 4 members (excludes halogenated alkanes) is 5. The van der Waals surface area contributed by atoms with E-state index < -0.39 is 47.1 Å². The second-order valence-corrected chi connectivity index (χ2v) is 10.4. The van der Waals surface area contributed by atoms with E-state index in [2.05, 4.69) is 0 Å². The van der Waals surface area contributed by atoms with Gasteiger partial charge in [-0.15, -0.1) is 0 Å². The third-order valence-corrected chi connectivity index (χ3v) is 4.63. The minimum absolute atomic E-state index is 0.00345. The highest BCUT2D eigenvalue weighted by Gasteiger charge is 2.33. The lowest BCUT2D eigenvalue weighted by atomic mass is 10.1. The van der Waals surface area contributed by atoms with Crippen molar-refractivity contribution in [2.75, 3.05) is 26.3 Å². The van der Waals surface area contributed by atoms with Crippen molar-refractivity contribution in [1.29, 1.82) is 0 Å². The summed E-state index contributed by atoms with van der Waals surface area (Å²) < 4.78 is 19.9.